The number of thiocarbonyl (C=S) groups is 1. The van der Waals surface area contributed by atoms with Crippen LogP contribution in [0.4, 0.5) is 0 Å². The van der Waals surface area contributed by atoms with Crippen molar-refractivity contribution in [3.8, 4) is 0 Å². The fourth-order valence-corrected chi connectivity index (χ4v) is 2.54. The molecule has 0 unspecified atom stereocenters. The molecule has 0 radical (unpaired) electrons. The minimum absolute atomic E-state index is 0.603. The Balaban J connectivity index is 2.99. The van der Waals surface area contributed by atoms with Gasteiger partial charge in [0.1, 0.15) is 4.32 Å². The summed E-state index contributed by atoms with van der Waals surface area (Å²) in [6.07, 6.45) is 17.0. The molecule has 0 bridgehead atoms. The van der Waals surface area contributed by atoms with Crippen molar-refractivity contribution >= 4 is 35.2 Å². The van der Waals surface area contributed by atoms with Crippen molar-refractivity contribution in [1.29, 1.82) is 0 Å². The van der Waals surface area contributed by atoms with E-state index in [0.717, 1.165) is 13.0 Å². The van der Waals surface area contributed by atoms with Gasteiger partial charge in [-0.2, -0.15) is 0 Å². The van der Waals surface area contributed by atoms with E-state index in [1.54, 1.807) is 6.08 Å². The van der Waals surface area contributed by atoms with E-state index < -0.39 is 0 Å². The third-order valence-electron chi connectivity index (χ3n) is 3.54. The van der Waals surface area contributed by atoms with E-state index in [2.05, 4.69) is 22.9 Å². The van der Waals surface area contributed by atoms with E-state index in [1.165, 1.54) is 70.6 Å². The molecule has 0 fully saturated rings. The van der Waals surface area contributed by atoms with Gasteiger partial charge in [0.2, 0.25) is 6.08 Å². The first-order valence-corrected chi connectivity index (χ1v) is 9.13. The molecule has 0 saturated heterocycles. The molecule has 21 heavy (non-hydrogen) atoms. The monoisotopic (exact) mass is 330 g/mol. The van der Waals surface area contributed by atoms with Crippen LogP contribution >= 0.6 is 24.8 Å². The summed E-state index contributed by atoms with van der Waals surface area (Å²) in [5, 5.41) is 3.06. The molecule has 0 aliphatic rings. The molecule has 0 atom stereocenters. The number of unbranched alkanes of at least 4 members (excludes halogenated alkanes) is 11. The van der Waals surface area contributed by atoms with Gasteiger partial charge in [-0.25, -0.2) is 9.79 Å². The Morgan fingerprint density at radius 3 is 1.71 bits per heavy atom. The predicted molar refractivity (Wildman–Crippen MR) is 98.0 cm³/mol. The second-order valence-electron chi connectivity index (χ2n) is 5.45. The smallest absolute Gasteiger partial charge is 0.234 e. The van der Waals surface area contributed by atoms with Crippen LogP contribution in [-0.4, -0.2) is 23.5 Å². The van der Waals surface area contributed by atoms with E-state index in [0.29, 0.717) is 10.9 Å². The van der Waals surface area contributed by atoms with Gasteiger partial charge in [0.25, 0.3) is 0 Å². The number of hydrogen-bond acceptors (Lipinski definition) is 3. The van der Waals surface area contributed by atoms with Crippen LogP contribution in [0.3, 0.4) is 0 Å². The SMILES string of the molecule is O=C=NCCCCCCCCCCCCCCNC(=S)S. The van der Waals surface area contributed by atoms with Gasteiger partial charge in [0.15, 0.2) is 0 Å². The Morgan fingerprint density at radius 2 is 1.29 bits per heavy atom. The number of thiol groups is 1. The van der Waals surface area contributed by atoms with E-state index >= 15 is 0 Å². The molecule has 3 nitrogen and oxygen atoms in total. The van der Waals surface area contributed by atoms with Crippen molar-refractivity contribution in [2.45, 2.75) is 77.0 Å². The van der Waals surface area contributed by atoms with Crippen LogP contribution in [0.15, 0.2) is 4.99 Å². The highest BCUT2D eigenvalue weighted by Gasteiger charge is 1.94. The fourth-order valence-electron chi connectivity index (χ4n) is 2.32. The van der Waals surface area contributed by atoms with Crippen molar-refractivity contribution < 1.29 is 4.79 Å². The Morgan fingerprint density at radius 1 is 0.857 bits per heavy atom. The molecule has 1 N–H and O–H groups in total. The van der Waals surface area contributed by atoms with Gasteiger partial charge in [0.05, 0.1) is 6.54 Å². The zero-order valence-corrected chi connectivity index (χ0v) is 14.8. The lowest BCUT2D eigenvalue weighted by atomic mass is 10.1. The first-order chi connectivity index (χ1) is 10.3. The van der Waals surface area contributed by atoms with E-state index in [4.69, 9.17) is 12.2 Å². The second kappa shape index (κ2) is 17.7. The fraction of sp³-hybridized carbons (Fsp3) is 0.875. The summed E-state index contributed by atoms with van der Waals surface area (Å²) in [4.78, 5) is 13.4. The highest BCUT2D eigenvalue weighted by Crippen LogP contribution is 2.11. The summed E-state index contributed by atoms with van der Waals surface area (Å²) in [6.45, 7) is 1.61. The number of isocyanates is 1. The van der Waals surface area contributed by atoms with Gasteiger partial charge in [0, 0.05) is 6.54 Å². The van der Waals surface area contributed by atoms with Crippen molar-refractivity contribution in [1.82, 2.24) is 5.32 Å². The molecule has 0 heterocycles. The van der Waals surface area contributed by atoms with Crippen LogP contribution in [0.25, 0.3) is 0 Å². The Bertz CT molecular complexity index is 278. The molecule has 0 saturated carbocycles. The quantitative estimate of drug-likeness (QED) is 0.149. The molecule has 0 rings (SSSR count). The maximum Gasteiger partial charge on any atom is 0.234 e. The molecule has 0 aromatic carbocycles. The Labute approximate surface area is 140 Å². The standard InChI is InChI=1S/C16H30N2OS2/c19-15-17-13-11-9-7-5-3-1-2-4-6-8-10-12-14-18-16(20)21/h1-14H2,(H2,18,20,21). The number of hydrogen-bond donors (Lipinski definition) is 2. The number of nitrogens with one attached hydrogen (secondary N) is 1. The number of aliphatic imine (C=N–C) groups is 1. The van der Waals surface area contributed by atoms with Crippen molar-refractivity contribution in [2.75, 3.05) is 13.1 Å². The van der Waals surface area contributed by atoms with Crippen molar-refractivity contribution in [3.63, 3.8) is 0 Å². The van der Waals surface area contributed by atoms with Crippen LogP contribution in [0.1, 0.15) is 77.0 Å². The minimum atomic E-state index is 0.603. The van der Waals surface area contributed by atoms with E-state index in [-0.39, 0.29) is 0 Å². The number of nitrogens with zero attached hydrogens (tertiary/aromatic N) is 1. The van der Waals surface area contributed by atoms with Gasteiger partial charge < -0.3 is 5.32 Å². The summed E-state index contributed by atoms with van der Waals surface area (Å²) in [6, 6.07) is 0. The number of carbonyl (C=O) groups excluding carboxylic acids is 1. The van der Waals surface area contributed by atoms with Gasteiger partial charge in [-0.05, 0) is 12.8 Å². The second-order valence-corrected chi connectivity index (χ2v) is 6.61. The number of rotatable bonds is 15. The van der Waals surface area contributed by atoms with Crippen LogP contribution in [0.2, 0.25) is 0 Å². The summed E-state index contributed by atoms with van der Waals surface area (Å²) in [5.74, 6) is 0. The first kappa shape index (κ1) is 20.6. The highest BCUT2D eigenvalue weighted by molar-refractivity contribution is 8.11. The maximum absolute atomic E-state index is 9.86. The summed E-state index contributed by atoms with van der Waals surface area (Å²) >= 11 is 8.86. The van der Waals surface area contributed by atoms with Crippen molar-refractivity contribution in [2.24, 2.45) is 4.99 Å². The van der Waals surface area contributed by atoms with Crippen molar-refractivity contribution in [3.05, 3.63) is 0 Å². The van der Waals surface area contributed by atoms with Gasteiger partial charge in [-0.1, -0.05) is 76.4 Å². The third kappa shape index (κ3) is 19.6. The zero-order chi connectivity index (χ0) is 15.6. The maximum atomic E-state index is 9.86. The molecule has 0 spiro atoms. The van der Waals surface area contributed by atoms with Gasteiger partial charge >= 0.3 is 0 Å². The van der Waals surface area contributed by atoms with E-state index in [1.807, 2.05) is 0 Å². The zero-order valence-electron chi connectivity index (χ0n) is 13.1. The third-order valence-corrected chi connectivity index (χ3v) is 3.84. The van der Waals surface area contributed by atoms with Gasteiger partial charge in [-0.3, -0.25) is 0 Å². The molecule has 0 aromatic heterocycles. The van der Waals surface area contributed by atoms with Crippen LogP contribution in [-0.2, 0) is 4.79 Å². The van der Waals surface area contributed by atoms with Crippen LogP contribution < -0.4 is 5.32 Å². The normalized spacial score (nSPS) is 10.1. The lowest BCUT2D eigenvalue weighted by Crippen LogP contribution is -2.17. The molecule has 0 amide bonds. The Hall–Kier alpha value is -0.380. The minimum Gasteiger partial charge on any atom is -0.371 e. The summed E-state index contributed by atoms with van der Waals surface area (Å²) in [7, 11) is 0. The lowest BCUT2D eigenvalue weighted by Gasteiger charge is -2.04. The summed E-state index contributed by atoms with van der Waals surface area (Å²) < 4.78 is 0.603. The average molecular weight is 331 g/mol. The van der Waals surface area contributed by atoms with Gasteiger partial charge in [-0.15, -0.1) is 12.6 Å². The average Bonchev–Trinajstić information content (AvgIpc) is 2.46. The molecule has 0 aromatic rings. The molecule has 122 valence electrons. The van der Waals surface area contributed by atoms with Crippen LogP contribution in [0.5, 0.6) is 0 Å². The highest BCUT2D eigenvalue weighted by atomic mass is 32.1. The van der Waals surface area contributed by atoms with Crippen LogP contribution in [0, 0.1) is 0 Å². The molecule has 0 aliphatic heterocycles. The molecule has 0 aliphatic carbocycles. The Kier molecular flexibility index (Phi) is 17.4. The topological polar surface area (TPSA) is 41.5 Å². The lowest BCUT2D eigenvalue weighted by molar-refractivity contribution is 0.539. The largest absolute Gasteiger partial charge is 0.371 e. The van der Waals surface area contributed by atoms with E-state index in [9.17, 15) is 4.79 Å². The summed E-state index contributed by atoms with van der Waals surface area (Å²) in [5.41, 5.74) is 0. The molecular formula is C16H30N2OS2. The molecular weight excluding hydrogens is 300 g/mol. The molecule has 5 heteroatoms. The predicted octanol–water partition coefficient (Wildman–Crippen LogP) is 4.81. The first-order valence-electron chi connectivity index (χ1n) is 8.28.